The van der Waals surface area contributed by atoms with Crippen LogP contribution in [0.4, 0.5) is 24.7 Å². The number of benzene rings is 1. The first-order valence-electron chi connectivity index (χ1n) is 22.9. The molecule has 0 saturated carbocycles. The van der Waals surface area contributed by atoms with Crippen LogP contribution in [0.2, 0.25) is 0 Å². The monoisotopic (exact) mass is 966 g/mol. The largest absolute Gasteiger partial charge is 0.444 e. The van der Waals surface area contributed by atoms with Crippen molar-refractivity contribution in [1.82, 2.24) is 39.1 Å². The summed E-state index contributed by atoms with van der Waals surface area (Å²) < 4.78 is 70.6. The number of hydrogen-bond donors (Lipinski definition) is 3. The number of ketones is 1. The molecule has 0 aliphatic carbocycles. The van der Waals surface area contributed by atoms with Crippen LogP contribution in [0.3, 0.4) is 0 Å². The first kappa shape index (κ1) is 50.6. The van der Waals surface area contributed by atoms with Crippen LogP contribution in [0.5, 0.6) is 0 Å². The number of pyridine rings is 1. The second-order valence-electron chi connectivity index (χ2n) is 16.9. The fourth-order valence-corrected chi connectivity index (χ4v) is 8.38. The summed E-state index contributed by atoms with van der Waals surface area (Å²) in [5, 5.41) is 11.5. The Hall–Kier alpha value is -6.27. The summed E-state index contributed by atoms with van der Waals surface area (Å²) in [4.78, 5) is 74.2. The molecular formula is C46H57F3N10O10. The lowest BCUT2D eigenvalue weighted by Crippen LogP contribution is -2.44. The average molecular weight is 967 g/mol. The van der Waals surface area contributed by atoms with E-state index in [1.807, 2.05) is 18.2 Å². The predicted octanol–water partition coefficient (Wildman–Crippen LogP) is 4.31. The highest BCUT2D eigenvalue weighted by Gasteiger charge is 2.32. The molecular weight excluding hydrogens is 910 g/mol. The Morgan fingerprint density at radius 2 is 1.64 bits per heavy atom. The van der Waals surface area contributed by atoms with Crippen molar-refractivity contribution in [2.24, 2.45) is 20.0 Å². The maximum atomic E-state index is 13.4. The van der Waals surface area contributed by atoms with E-state index in [4.69, 9.17) is 23.4 Å². The van der Waals surface area contributed by atoms with Gasteiger partial charge in [-0.15, -0.1) is 0 Å². The topological polar surface area (TPSA) is 228 Å². The van der Waals surface area contributed by atoms with Gasteiger partial charge in [0.2, 0.25) is 17.7 Å². The number of aromatic nitrogens is 6. The van der Waals surface area contributed by atoms with Crippen molar-refractivity contribution in [2.75, 3.05) is 89.7 Å². The summed E-state index contributed by atoms with van der Waals surface area (Å²) in [5.74, 6) is -1.51. The molecule has 7 rings (SSSR count). The summed E-state index contributed by atoms with van der Waals surface area (Å²) in [6, 6.07) is 7.76. The SMILES string of the molecule is Cn1cc(NC(=O)c2coc(-c3ccnc(NCC(F)(F)F)c3)n2)c(C(=O)CC2CCN(CCOCCOCCOCCOCCCc3cccc4c3n(C)c(=O)n4C3CCC(=O)NC3=O)CC2)n1. The highest BCUT2D eigenvalue weighted by molar-refractivity contribution is 6.08. The Bertz CT molecular complexity index is 2620. The maximum Gasteiger partial charge on any atom is 0.405 e. The number of fused-ring (bicyclic) bond motifs is 1. The number of halogens is 3. The zero-order chi connectivity index (χ0) is 48.9. The number of anilines is 2. The molecule has 2 aliphatic rings. The number of nitrogens with one attached hydrogen (secondary N) is 3. The van der Waals surface area contributed by atoms with Gasteiger partial charge in [0.1, 0.15) is 24.7 Å². The summed E-state index contributed by atoms with van der Waals surface area (Å²) in [6.45, 7) is 4.80. The van der Waals surface area contributed by atoms with Crippen LogP contribution < -0.4 is 21.6 Å². The number of alkyl halides is 3. The Morgan fingerprint density at radius 3 is 2.35 bits per heavy atom. The van der Waals surface area contributed by atoms with Gasteiger partial charge in [-0.2, -0.15) is 18.3 Å². The number of imidazole rings is 1. The third kappa shape index (κ3) is 13.9. The number of oxazole rings is 1. The van der Waals surface area contributed by atoms with Crippen LogP contribution >= 0.6 is 0 Å². The van der Waals surface area contributed by atoms with E-state index in [9.17, 15) is 37.1 Å². The minimum Gasteiger partial charge on any atom is -0.444 e. The Labute approximate surface area is 394 Å². The van der Waals surface area contributed by atoms with Gasteiger partial charge >= 0.3 is 11.9 Å². The lowest BCUT2D eigenvalue weighted by atomic mass is 9.91. The van der Waals surface area contributed by atoms with Crippen LogP contribution in [0, 0.1) is 5.92 Å². The van der Waals surface area contributed by atoms with Crippen molar-refractivity contribution in [3.05, 3.63) is 76.4 Å². The average Bonchev–Trinajstić information content (AvgIpc) is 4.03. The van der Waals surface area contributed by atoms with Gasteiger partial charge < -0.3 is 38.9 Å². The summed E-state index contributed by atoms with van der Waals surface area (Å²) in [6.07, 6.45) is 3.32. The number of amides is 3. The van der Waals surface area contributed by atoms with Gasteiger partial charge in [0, 0.05) is 58.0 Å². The van der Waals surface area contributed by atoms with Gasteiger partial charge in [-0.1, -0.05) is 12.1 Å². The minimum atomic E-state index is -4.43. The van der Waals surface area contributed by atoms with Gasteiger partial charge in [-0.05, 0) is 74.9 Å². The van der Waals surface area contributed by atoms with Gasteiger partial charge in [-0.25, -0.2) is 14.8 Å². The molecule has 1 aromatic carbocycles. The van der Waals surface area contributed by atoms with Gasteiger partial charge in [0.25, 0.3) is 5.91 Å². The molecule has 6 heterocycles. The normalized spacial score (nSPS) is 16.0. The molecule has 5 aromatic rings. The molecule has 2 aliphatic heterocycles. The van der Waals surface area contributed by atoms with Crippen molar-refractivity contribution >= 4 is 46.0 Å². The molecule has 0 radical (unpaired) electrons. The van der Waals surface area contributed by atoms with E-state index < -0.39 is 30.6 Å². The van der Waals surface area contributed by atoms with Gasteiger partial charge in [0.15, 0.2) is 17.2 Å². The third-order valence-electron chi connectivity index (χ3n) is 11.8. The van der Waals surface area contributed by atoms with Gasteiger partial charge in [-0.3, -0.25) is 38.3 Å². The number of carbonyl (C=O) groups is 4. The van der Waals surface area contributed by atoms with Crippen molar-refractivity contribution in [3.63, 3.8) is 0 Å². The number of Topliss-reactive ketones (excluding diaryl/α,β-unsaturated/α-hetero) is 1. The molecule has 0 bridgehead atoms. The summed E-state index contributed by atoms with van der Waals surface area (Å²) >= 11 is 0. The van der Waals surface area contributed by atoms with E-state index >= 15 is 0 Å². The van der Waals surface area contributed by atoms with Crippen LogP contribution in [0.25, 0.3) is 22.5 Å². The number of nitrogens with zero attached hydrogens (tertiary/aromatic N) is 7. The van der Waals surface area contributed by atoms with E-state index in [0.717, 1.165) is 56.2 Å². The van der Waals surface area contributed by atoms with Crippen LogP contribution in [-0.4, -0.2) is 142 Å². The molecule has 0 spiro atoms. The smallest absolute Gasteiger partial charge is 0.405 e. The zero-order valence-corrected chi connectivity index (χ0v) is 38.6. The van der Waals surface area contributed by atoms with E-state index in [0.29, 0.717) is 70.4 Å². The standard InChI is InChI=1S/C46H57F3N10O10/c1-56-27-33(52-42(62)34-28-69-44(53-34)32-10-13-50-38(26-32)51-29-46(47,48)49)40(55-56)37(60)25-30-11-14-58(15-12-30)16-18-66-20-22-68-24-23-67-21-19-65-17-4-6-31-5-3-7-35-41(31)57(2)45(64)59(35)36-8-9-39(61)54-43(36)63/h3,5,7,10,13,26-28,30,36H,4,6,8-9,11-12,14-25,29H2,1-2H3,(H,50,51)(H,52,62)(H,54,61,63). The number of para-hydroxylation sites is 1. The van der Waals surface area contributed by atoms with Crippen LogP contribution in [0.1, 0.15) is 71.1 Å². The molecule has 69 heavy (non-hydrogen) atoms. The highest BCUT2D eigenvalue weighted by atomic mass is 19.4. The molecule has 2 saturated heterocycles. The lowest BCUT2D eigenvalue weighted by molar-refractivity contribution is -0.135. The highest BCUT2D eigenvalue weighted by Crippen LogP contribution is 2.28. The summed E-state index contributed by atoms with van der Waals surface area (Å²) in [7, 11) is 3.34. The molecule has 3 N–H and O–H groups in total. The van der Waals surface area contributed by atoms with Gasteiger partial charge in [0.05, 0.1) is 63.0 Å². The third-order valence-corrected chi connectivity index (χ3v) is 11.8. The number of rotatable bonds is 25. The fraction of sp³-hybridized carbons (Fsp3) is 0.522. The van der Waals surface area contributed by atoms with Crippen LogP contribution in [0.15, 0.2) is 58.2 Å². The fourth-order valence-electron chi connectivity index (χ4n) is 8.38. The number of carbonyl (C=O) groups excluding carboxylic acids is 4. The number of aryl methyl sites for hydroxylation is 3. The van der Waals surface area contributed by atoms with Crippen LogP contribution in [-0.2, 0) is 49.1 Å². The van der Waals surface area contributed by atoms with E-state index in [-0.39, 0.29) is 71.3 Å². The van der Waals surface area contributed by atoms with Crippen molar-refractivity contribution in [2.45, 2.75) is 57.2 Å². The zero-order valence-electron chi connectivity index (χ0n) is 38.6. The number of piperidine rings is 2. The molecule has 23 heteroatoms. The Balaban J connectivity index is 0.706. The maximum absolute atomic E-state index is 13.4. The molecule has 2 fully saturated rings. The van der Waals surface area contributed by atoms with E-state index in [1.165, 1.54) is 33.8 Å². The first-order valence-corrected chi connectivity index (χ1v) is 22.9. The molecule has 1 unspecified atom stereocenters. The number of hydrogen-bond acceptors (Lipinski definition) is 15. The second kappa shape index (κ2) is 23.8. The predicted molar refractivity (Wildman–Crippen MR) is 244 cm³/mol. The quantitative estimate of drug-likeness (QED) is 0.0421. The van der Waals surface area contributed by atoms with Crippen molar-refractivity contribution in [3.8, 4) is 11.5 Å². The van der Waals surface area contributed by atoms with E-state index in [1.54, 1.807) is 18.7 Å². The number of ether oxygens (including phenoxy) is 4. The molecule has 20 nitrogen and oxygen atoms in total. The van der Waals surface area contributed by atoms with Crippen molar-refractivity contribution in [1.29, 1.82) is 0 Å². The molecule has 4 aromatic heterocycles. The number of imide groups is 1. The Morgan fingerprint density at radius 1 is 0.928 bits per heavy atom. The first-order chi connectivity index (χ1) is 33.2. The minimum absolute atomic E-state index is 0.00219. The van der Waals surface area contributed by atoms with Crippen molar-refractivity contribution < 1.29 is 55.7 Å². The summed E-state index contributed by atoms with van der Waals surface area (Å²) in [5.41, 5.74) is 2.71. The number of likely N-dealkylation sites (tertiary alicyclic amines) is 1. The molecule has 372 valence electrons. The molecule has 1 atom stereocenters. The lowest BCUT2D eigenvalue weighted by Gasteiger charge is -2.31. The second-order valence-corrected chi connectivity index (χ2v) is 16.9. The molecule has 3 amide bonds. The van der Waals surface area contributed by atoms with E-state index in [2.05, 4.69) is 35.9 Å². The Kier molecular flexibility index (Phi) is 17.5.